The molecule has 4 nitrogen and oxygen atoms in total. The summed E-state index contributed by atoms with van der Waals surface area (Å²) in [7, 11) is 0. The van der Waals surface area contributed by atoms with Gasteiger partial charge in [0.25, 0.3) is 0 Å². The first-order valence-electron chi connectivity index (χ1n) is 11.2. The summed E-state index contributed by atoms with van der Waals surface area (Å²) in [5, 5.41) is 0. The normalized spacial score (nSPS) is 27.8. The zero-order valence-electron chi connectivity index (χ0n) is 17.1. The van der Waals surface area contributed by atoms with Crippen molar-refractivity contribution in [3.8, 4) is 5.75 Å². The molecule has 0 unspecified atom stereocenters. The van der Waals surface area contributed by atoms with Gasteiger partial charge in [-0.3, -0.25) is 9.69 Å². The standard InChI is InChI=1S/C25H27FN2O2/c26-19-7-8-23-20(11-19)24-22(15-30-23)21(14-28(24)12-16-5-6-16)25(29)27-10-9-17-3-1-2-4-18(17)13-27/h1-4,7-8,11,16,21-22,24H,5-6,9-10,12-15H2/t21-,22+,24+/m1/s1. The summed E-state index contributed by atoms with van der Waals surface area (Å²) in [5.41, 5.74) is 3.53. The molecule has 0 aromatic heterocycles. The molecule has 2 aromatic rings. The fraction of sp³-hybridized carbons (Fsp3) is 0.480. The predicted octanol–water partition coefficient (Wildman–Crippen LogP) is 3.80. The van der Waals surface area contributed by atoms with Crippen molar-refractivity contribution in [1.29, 1.82) is 0 Å². The van der Waals surface area contributed by atoms with Gasteiger partial charge in [-0.2, -0.15) is 0 Å². The Balaban J connectivity index is 1.29. The third-order valence-corrected chi connectivity index (χ3v) is 7.42. The number of amides is 1. The van der Waals surface area contributed by atoms with E-state index >= 15 is 0 Å². The van der Waals surface area contributed by atoms with Gasteiger partial charge in [0, 0.05) is 43.7 Å². The number of hydrogen-bond donors (Lipinski definition) is 0. The number of ether oxygens (including phenoxy) is 1. The Labute approximate surface area is 176 Å². The van der Waals surface area contributed by atoms with Crippen LogP contribution in [-0.2, 0) is 17.8 Å². The number of benzene rings is 2. The lowest BCUT2D eigenvalue weighted by atomic mass is 9.84. The minimum atomic E-state index is -0.230. The number of hydrogen-bond acceptors (Lipinski definition) is 3. The molecule has 5 heteroatoms. The third-order valence-electron chi connectivity index (χ3n) is 7.42. The van der Waals surface area contributed by atoms with E-state index in [2.05, 4.69) is 29.2 Å². The zero-order valence-corrected chi connectivity index (χ0v) is 17.1. The van der Waals surface area contributed by atoms with Gasteiger partial charge in [-0.15, -0.1) is 0 Å². The van der Waals surface area contributed by atoms with Gasteiger partial charge in [-0.1, -0.05) is 24.3 Å². The smallest absolute Gasteiger partial charge is 0.227 e. The van der Waals surface area contributed by atoms with E-state index in [1.54, 1.807) is 12.1 Å². The molecule has 0 radical (unpaired) electrons. The van der Waals surface area contributed by atoms with Crippen LogP contribution in [-0.4, -0.2) is 41.9 Å². The Hall–Kier alpha value is -2.40. The molecule has 156 valence electrons. The van der Waals surface area contributed by atoms with Gasteiger partial charge in [0.15, 0.2) is 0 Å². The van der Waals surface area contributed by atoms with Crippen molar-refractivity contribution in [2.75, 3.05) is 26.2 Å². The lowest BCUT2D eigenvalue weighted by molar-refractivity contribution is -0.137. The van der Waals surface area contributed by atoms with Crippen LogP contribution in [0.15, 0.2) is 42.5 Å². The number of fused-ring (bicyclic) bond motifs is 4. The highest BCUT2D eigenvalue weighted by atomic mass is 19.1. The van der Waals surface area contributed by atoms with Crippen LogP contribution >= 0.6 is 0 Å². The number of nitrogens with zero attached hydrogens (tertiary/aromatic N) is 2. The second kappa shape index (κ2) is 7.09. The molecule has 0 bridgehead atoms. The summed E-state index contributed by atoms with van der Waals surface area (Å²) in [6.07, 6.45) is 3.45. The molecule has 1 saturated heterocycles. The lowest BCUT2D eigenvalue weighted by Crippen LogP contribution is -2.43. The van der Waals surface area contributed by atoms with Crippen molar-refractivity contribution in [1.82, 2.24) is 9.80 Å². The van der Waals surface area contributed by atoms with Crippen LogP contribution in [0.3, 0.4) is 0 Å². The first kappa shape index (κ1) is 18.4. The number of carbonyl (C=O) groups is 1. The SMILES string of the molecule is O=C([C@@H]1CN(CC2CC2)[C@H]2c3cc(F)ccc3OC[C@@H]12)N1CCc2ccccc2C1. The number of halogens is 1. The molecule has 1 saturated carbocycles. The van der Waals surface area contributed by atoms with Crippen LogP contribution in [0.1, 0.15) is 35.6 Å². The van der Waals surface area contributed by atoms with E-state index in [1.165, 1.54) is 30.0 Å². The van der Waals surface area contributed by atoms with Crippen LogP contribution in [0.25, 0.3) is 0 Å². The third kappa shape index (κ3) is 3.11. The second-order valence-corrected chi connectivity index (χ2v) is 9.38. The van der Waals surface area contributed by atoms with E-state index in [0.717, 1.165) is 43.3 Å². The van der Waals surface area contributed by atoms with Gasteiger partial charge in [-0.05, 0) is 54.5 Å². The van der Waals surface area contributed by atoms with E-state index in [-0.39, 0.29) is 29.6 Å². The van der Waals surface area contributed by atoms with Gasteiger partial charge in [0.2, 0.25) is 5.91 Å². The Morgan fingerprint density at radius 1 is 1.13 bits per heavy atom. The van der Waals surface area contributed by atoms with Crippen molar-refractivity contribution >= 4 is 5.91 Å². The fourth-order valence-electron chi connectivity index (χ4n) is 5.69. The summed E-state index contributed by atoms with van der Waals surface area (Å²) in [6.45, 7) is 3.76. The summed E-state index contributed by atoms with van der Waals surface area (Å²) in [4.78, 5) is 18.1. The van der Waals surface area contributed by atoms with Gasteiger partial charge >= 0.3 is 0 Å². The van der Waals surface area contributed by atoms with Gasteiger partial charge in [0.05, 0.1) is 12.5 Å². The van der Waals surface area contributed by atoms with Crippen LogP contribution < -0.4 is 4.74 Å². The van der Waals surface area contributed by atoms with Gasteiger partial charge in [-0.25, -0.2) is 4.39 Å². The maximum absolute atomic E-state index is 14.1. The van der Waals surface area contributed by atoms with Crippen LogP contribution in [0, 0.1) is 23.6 Å². The van der Waals surface area contributed by atoms with E-state index in [1.807, 2.05) is 4.90 Å². The predicted molar refractivity (Wildman–Crippen MR) is 111 cm³/mol. The molecule has 1 amide bonds. The highest BCUT2D eigenvalue weighted by Gasteiger charge is 2.51. The number of likely N-dealkylation sites (tertiary alicyclic amines) is 1. The lowest BCUT2D eigenvalue weighted by Gasteiger charge is -2.36. The van der Waals surface area contributed by atoms with E-state index < -0.39 is 0 Å². The summed E-state index contributed by atoms with van der Waals surface area (Å²) in [5.74, 6) is 1.51. The molecule has 0 N–H and O–H groups in total. The maximum atomic E-state index is 14.1. The molecule has 1 aliphatic carbocycles. The molecular weight excluding hydrogens is 379 g/mol. The Bertz CT molecular complexity index is 989. The number of carbonyl (C=O) groups excluding carboxylic acids is 1. The average molecular weight is 407 g/mol. The molecule has 3 heterocycles. The Kier molecular flexibility index (Phi) is 4.34. The molecule has 2 aromatic carbocycles. The van der Waals surface area contributed by atoms with Crippen molar-refractivity contribution in [3.63, 3.8) is 0 Å². The molecule has 2 fully saturated rings. The summed E-state index contributed by atoms with van der Waals surface area (Å²) >= 11 is 0. The monoisotopic (exact) mass is 406 g/mol. The molecule has 0 spiro atoms. The minimum absolute atomic E-state index is 0.0797. The molecule has 4 aliphatic rings. The minimum Gasteiger partial charge on any atom is -0.493 e. The van der Waals surface area contributed by atoms with E-state index in [4.69, 9.17) is 4.74 Å². The van der Waals surface area contributed by atoms with Crippen molar-refractivity contribution in [2.45, 2.75) is 31.8 Å². The molecule has 3 atom stereocenters. The Morgan fingerprint density at radius 2 is 1.97 bits per heavy atom. The van der Waals surface area contributed by atoms with Crippen molar-refractivity contribution in [3.05, 3.63) is 65.0 Å². The molecule has 6 rings (SSSR count). The largest absolute Gasteiger partial charge is 0.493 e. The van der Waals surface area contributed by atoms with Crippen molar-refractivity contribution < 1.29 is 13.9 Å². The second-order valence-electron chi connectivity index (χ2n) is 9.38. The van der Waals surface area contributed by atoms with Crippen LogP contribution in [0.5, 0.6) is 5.75 Å². The average Bonchev–Trinajstić information content (AvgIpc) is 3.51. The van der Waals surface area contributed by atoms with Crippen LogP contribution in [0.2, 0.25) is 0 Å². The van der Waals surface area contributed by atoms with Gasteiger partial charge in [0.1, 0.15) is 11.6 Å². The molecule has 30 heavy (non-hydrogen) atoms. The number of rotatable bonds is 3. The van der Waals surface area contributed by atoms with Crippen LogP contribution in [0.4, 0.5) is 4.39 Å². The zero-order chi connectivity index (χ0) is 20.2. The maximum Gasteiger partial charge on any atom is 0.227 e. The first-order valence-corrected chi connectivity index (χ1v) is 11.2. The van der Waals surface area contributed by atoms with Gasteiger partial charge < -0.3 is 9.64 Å². The highest BCUT2D eigenvalue weighted by Crippen LogP contribution is 2.49. The summed E-state index contributed by atoms with van der Waals surface area (Å²) < 4.78 is 20.1. The molecule has 3 aliphatic heterocycles. The van der Waals surface area contributed by atoms with E-state index in [0.29, 0.717) is 13.2 Å². The van der Waals surface area contributed by atoms with E-state index in [9.17, 15) is 9.18 Å². The highest BCUT2D eigenvalue weighted by molar-refractivity contribution is 5.80. The Morgan fingerprint density at radius 3 is 2.80 bits per heavy atom. The van der Waals surface area contributed by atoms with Crippen molar-refractivity contribution in [2.24, 2.45) is 17.8 Å². The fourth-order valence-corrected chi connectivity index (χ4v) is 5.69. The summed E-state index contributed by atoms with van der Waals surface area (Å²) in [6, 6.07) is 13.3. The first-order chi connectivity index (χ1) is 14.7. The quantitative estimate of drug-likeness (QED) is 0.777. The molecular formula is C25H27FN2O2. The topological polar surface area (TPSA) is 32.8 Å².